The van der Waals surface area contributed by atoms with E-state index >= 15 is 0 Å². The van der Waals surface area contributed by atoms with Gasteiger partial charge in [-0.05, 0) is 38.1 Å². The van der Waals surface area contributed by atoms with Crippen molar-refractivity contribution in [1.82, 2.24) is 4.90 Å². The third-order valence-electron chi connectivity index (χ3n) is 3.73. The van der Waals surface area contributed by atoms with Gasteiger partial charge in [0.2, 0.25) is 0 Å². The molecule has 0 bridgehead atoms. The van der Waals surface area contributed by atoms with Crippen LogP contribution in [0.3, 0.4) is 0 Å². The highest BCUT2D eigenvalue weighted by Gasteiger charge is 2.32. The van der Waals surface area contributed by atoms with Crippen LogP contribution in [0.4, 0.5) is 0 Å². The molecular formula is C11H20IN. The van der Waals surface area contributed by atoms with Gasteiger partial charge in [-0.3, -0.25) is 4.90 Å². The van der Waals surface area contributed by atoms with Crippen LogP contribution in [0.1, 0.15) is 38.5 Å². The van der Waals surface area contributed by atoms with Crippen molar-refractivity contribution in [3.8, 4) is 0 Å². The van der Waals surface area contributed by atoms with Crippen molar-refractivity contribution < 1.29 is 0 Å². The van der Waals surface area contributed by atoms with Crippen LogP contribution < -0.4 is 0 Å². The van der Waals surface area contributed by atoms with E-state index in [2.05, 4.69) is 27.5 Å². The predicted molar refractivity (Wildman–Crippen MR) is 65.4 cm³/mol. The van der Waals surface area contributed by atoms with Crippen molar-refractivity contribution in [3.05, 3.63) is 0 Å². The van der Waals surface area contributed by atoms with Crippen LogP contribution in [0.5, 0.6) is 0 Å². The van der Waals surface area contributed by atoms with E-state index in [4.69, 9.17) is 0 Å². The zero-order chi connectivity index (χ0) is 9.10. The van der Waals surface area contributed by atoms with Crippen LogP contribution in [-0.2, 0) is 0 Å². The molecule has 0 N–H and O–H groups in total. The smallest absolute Gasteiger partial charge is 0.0124 e. The van der Waals surface area contributed by atoms with E-state index in [1.807, 2.05) is 0 Å². The largest absolute Gasteiger partial charge is 0.299 e. The molecule has 0 aromatic carbocycles. The van der Waals surface area contributed by atoms with Crippen LogP contribution in [0.15, 0.2) is 0 Å². The van der Waals surface area contributed by atoms with Gasteiger partial charge in [0, 0.05) is 17.0 Å². The van der Waals surface area contributed by atoms with Gasteiger partial charge in [0.05, 0.1) is 0 Å². The van der Waals surface area contributed by atoms with Crippen molar-refractivity contribution in [3.63, 3.8) is 0 Å². The molecule has 2 fully saturated rings. The lowest BCUT2D eigenvalue weighted by molar-refractivity contribution is 0.202. The van der Waals surface area contributed by atoms with Gasteiger partial charge in [0.1, 0.15) is 0 Å². The molecule has 0 aromatic heterocycles. The molecule has 0 aromatic rings. The lowest BCUT2D eigenvalue weighted by Gasteiger charge is -2.28. The summed E-state index contributed by atoms with van der Waals surface area (Å²) in [6, 6.07) is 0.970. The van der Waals surface area contributed by atoms with E-state index in [0.29, 0.717) is 0 Å². The molecule has 2 rings (SSSR count). The van der Waals surface area contributed by atoms with Crippen LogP contribution >= 0.6 is 22.6 Å². The summed E-state index contributed by atoms with van der Waals surface area (Å²) in [5.41, 5.74) is 0. The van der Waals surface area contributed by atoms with Crippen LogP contribution in [0.25, 0.3) is 0 Å². The first-order valence-corrected chi connectivity index (χ1v) is 7.24. The number of rotatable bonds is 3. The van der Waals surface area contributed by atoms with E-state index in [1.165, 1.54) is 56.0 Å². The second kappa shape index (κ2) is 4.96. The third kappa shape index (κ3) is 2.38. The first-order valence-electron chi connectivity index (χ1n) is 5.72. The lowest BCUT2D eigenvalue weighted by atomic mass is 9.96. The molecule has 0 radical (unpaired) electrons. The second-order valence-corrected chi connectivity index (χ2v) is 5.56. The van der Waals surface area contributed by atoms with E-state index < -0.39 is 0 Å². The van der Waals surface area contributed by atoms with Crippen molar-refractivity contribution in [1.29, 1.82) is 0 Å². The van der Waals surface area contributed by atoms with E-state index in [1.54, 1.807) is 0 Å². The van der Waals surface area contributed by atoms with Gasteiger partial charge in [0.25, 0.3) is 0 Å². The molecule has 1 nitrogen and oxygen atoms in total. The Kier molecular flexibility index (Phi) is 3.90. The van der Waals surface area contributed by atoms with Crippen molar-refractivity contribution in [2.75, 3.05) is 17.5 Å². The first-order chi connectivity index (χ1) is 6.42. The van der Waals surface area contributed by atoms with Gasteiger partial charge in [-0.15, -0.1) is 0 Å². The average molecular weight is 293 g/mol. The number of likely N-dealkylation sites (tertiary alicyclic amines) is 1. The van der Waals surface area contributed by atoms with Crippen LogP contribution in [-0.4, -0.2) is 28.5 Å². The molecule has 1 atom stereocenters. The third-order valence-corrected chi connectivity index (χ3v) is 4.21. The molecule has 2 aliphatic rings. The summed E-state index contributed by atoms with van der Waals surface area (Å²) < 4.78 is 1.31. The zero-order valence-corrected chi connectivity index (χ0v) is 10.5. The highest BCUT2D eigenvalue weighted by Crippen LogP contribution is 2.35. The average Bonchev–Trinajstić information content (AvgIpc) is 2.71. The molecule has 13 heavy (non-hydrogen) atoms. The number of alkyl halides is 1. The molecule has 1 aliphatic carbocycles. The molecule has 1 heterocycles. The topological polar surface area (TPSA) is 3.24 Å². The van der Waals surface area contributed by atoms with Gasteiger partial charge in [-0.2, -0.15) is 0 Å². The van der Waals surface area contributed by atoms with Crippen LogP contribution in [0, 0.1) is 5.92 Å². The molecule has 1 saturated heterocycles. The SMILES string of the molecule is ICCN1CCCC1C1CCCC1. The standard InChI is InChI=1S/C11H20IN/c12-7-9-13-8-3-6-11(13)10-4-1-2-5-10/h10-11H,1-9H2. The Labute approximate surface area is 95.4 Å². The molecule has 1 saturated carbocycles. The van der Waals surface area contributed by atoms with Gasteiger partial charge in [-0.25, -0.2) is 0 Å². The van der Waals surface area contributed by atoms with Crippen molar-refractivity contribution >= 4 is 22.6 Å². The van der Waals surface area contributed by atoms with Crippen molar-refractivity contribution in [2.24, 2.45) is 5.92 Å². The maximum atomic E-state index is 2.75. The quantitative estimate of drug-likeness (QED) is 0.571. The molecular weight excluding hydrogens is 273 g/mol. The minimum atomic E-state index is 0.970. The van der Waals surface area contributed by atoms with E-state index in [-0.39, 0.29) is 0 Å². The fourth-order valence-corrected chi connectivity index (χ4v) is 3.73. The Balaban J connectivity index is 1.88. The van der Waals surface area contributed by atoms with Gasteiger partial charge < -0.3 is 0 Å². The number of hydrogen-bond acceptors (Lipinski definition) is 1. The van der Waals surface area contributed by atoms with Gasteiger partial charge >= 0.3 is 0 Å². The number of halogens is 1. The predicted octanol–water partition coefficient (Wildman–Crippen LogP) is 3.08. The molecule has 1 aliphatic heterocycles. The summed E-state index contributed by atoms with van der Waals surface area (Å²) in [6.07, 6.45) is 8.97. The molecule has 0 amide bonds. The molecule has 76 valence electrons. The van der Waals surface area contributed by atoms with Gasteiger partial charge in [0.15, 0.2) is 0 Å². The highest BCUT2D eigenvalue weighted by atomic mass is 127. The Morgan fingerprint density at radius 2 is 1.85 bits per heavy atom. The Morgan fingerprint density at radius 3 is 2.54 bits per heavy atom. The number of nitrogens with zero attached hydrogens (tertiary/aromatic N) is 1. The Hall–Kier alpha value is 0.690. The summed E-state index contributed by atoms with van der Waals surface area (Å²) in [5, 5.41) is 0. The Bertz CT molecular complexity index is 154. The van der Waals surface area contributed by atoms with Gasteiger partial charge in [-0.1, -0.05) is 35.4 Å². The lowest BCUT2D eigenvalue weighted by Crippen LogP contribution is -2.35. The van der Waals surface area contributed by atoms with Crippen LogP contribution in [0.2, 0.25) is 0 Å². The molecule has 0 spiro atoms. The number of hydrogen-bond donors (Lipinski definition) is 0. The maximum absolute atomic E-state index is 2.75. The van der Waals surface area contributed by atoms with E-state index in [0.717, 1.165) is 12.0 Å². The second-order valence-electron chi connectivity index (χ2n) is 4.48. The Morgan fingerprint density at radius 1 is 1.08 bits per heavy atom. The first kappa shape index (κ1) is 10.2. The summed E-state index contributed by atoms with van der Waals surface area (Å²) in [5.74, 6) is 1.06. The summed E-state index contributed by atoms with van der Waals surface area (Å²) in [6.45, 7) is 2.71. The monoisotopic (exact) mass is 293 g/mol. The zero-order valence-electron chi connectivity index (χ0n) is 8.34. The summed E-state index contributed by atoms with van der Waals surface area (Å²) >= 11 is 2.51. The van der Waals surface area contributed by atoms with Crippen molar-refractivity contribution in [2.45, 2.75) is 44.6 Å². The van der Waals surface area contributed by atoms with E-state index in [9.17, 15) is 0 Å². The fraction of sp³-hybridized carbons (Fsp3) is 1.00. The highest BCUT2D eigenvalue weighted by molar-refractivity contribution is 14.1. The minimum absolute atomic E-state index is 0.970. The minimum Gasteiger partial charge on any atom is -0.299 e. The summed E-state index contributed by atoms with van der Waals surface area (Å²) in [7, 11) is 0. The summed E-state index contributed by atoms with van der Waals surface area (Å²) in [4.78, 5) is 2.75. The molecule has 2 heteroatoms. The fourth-order valence-electron chi connectivity index (χ4n) is 3.11. The normalized spacial score (nSPS) is 31.6. The molecule has 1 unspecified atom stereocenters. The maximum Gasteiger partial charge on any atom is 0.0124 e.